The first kappa shape index (κ1) is 17.4. The fourth-order valence-electron chi connectivity index (χ4n) is 3.19. The van der Waals surface area contributed by atoms with Crippen LogP contribution in [0.4, 0.5) is 10.1 Å². The lowest BCUT2D eigenvalue weighted by Gasteiger charge is -2.21. The van der Waals surface area contributed by atoms with Gasteiger partial charge in [0, 0.05) is 23.2 Å². The average molecular weight is 320 g/mol. The molecule has 0 spiro atoms. The van der Waals surface area contributed by atoms with Gasteiger partial charge in [0.05, 0.1) is 0 Å². The maximum atomic E-state index is 13.8. The number of primary amides is 1. The highest BCUT2D eigenvalue weighted by Gasteiger charge is 2.15. The lowest BCUT2D eigenvalue weighted by Crippen LogP contribution is -2.16. The predicted octanol–water partition coefficient (Wildman–Crippen LogP) is 3.92. The molecule has 1 saturated carbocycles. The van der Waals surface area contributed by atoms with Crippen LogP contribution in [-0.2, 0) is 4.79 Å². The van der Waals surface area contributed by atoms with Crippen LogP contribution in [0.15, 0.2) is 12.1 Å². The van der Waals surface area contributed by atoms with Crippen molar-refractivity contribution in [3.05, 3.63) is 29.1 Å². The van der Waals surface area contributed by atoms with E-state index in [2.05, 4.69) is 5.32 Å². The third-order valence-electron chi connectivity index (χ3n) is 4.64. The smallest absolute Gasteiger partial charge is 0.248 e. The van der Waals surface area contributed by atoms with Crippen LogP contribution in [0.5, 0.6) is 0 Å². The zero-order valence-electron chi connectivity index (χ0n) is 13.7. The molecule has 0 saturated heterocycles. The second kappa shape index (κ2) is 8.09. The van der Waals surface area contributed by atoms with Crippen molar-refractivity contribution in [1.29, 1.82) is 0 Å². The number of carbonyl (C=O) groups is 2. The Bertz CT molecular complexity index is 581. The number of hydrogen-bond donors (Lipinski definition) is 2. The summed E-state index contributed by atoms with van der Waals surface area (Å²) in [5.74, 6) is -0.658. The molecule has 4 nitrogen and oxygen atoms in total. The fourth-order valence-corrected chi connectivity index (χ4v) is 3.19. The molecule has 1 aliphatic carbocycles. The van der Waals surface area contributed by atoms with Gasteiger partial charge in [-0.05, 0) is 37.8 Å². The molecule has 1 fully saturated rings. The molecule has 0 atom stereocenters. The minimum absolute atomic E-state index is 0.0607. The molecule has 23 heavy (non-hydrogen) atoms. The Morgan fingerprint density at radius 2 is 1.96 bits per heavy atom. The van der Waals surface area contributed by atoms with Crippen molar-refractivity contribution in [2.24, 2.45) is 11.7 Å². The van der Waals surface area contributed by atoms with Crippen LogP contribution in [0.25, 0.3) is 0 Å². The maximum absolute atomic E-state index is 13.8. The molecule has 2 rings (SSSR count). The first-order valence-corrected chi connectivity index (χ1v) is 8.37. The molecule has 2 amide bonds. The van der Waals surface area contributed by atoms with E-state index in [1.807, 2.05) is 0 Å². The summed E-state index contributed by atoms with van der Waals surface area (Å²) in [5, 5.41) is 2.70. The summed E-state index contributed by atoms with van der Waals surface area (Å²) in [6, 6.07) is 2.52. The molecule has 0 unspecified atom stereocenters. The van der Waals surface area contributed by atoms with Crippen LogP contribution < -0.4 is 11.1 Å². The third kappa shape index (κ3) is 5.05. The van der Waals surface area contributed by atoms with Crippen molar-refractivity contribution in [3.8, 4) is 0 Å². The van der Waals surface area contributed by atoms with Crippen LogP contribution in [0, 0.1) is 18.7 Å². The Morgan fingerprint density at radius 1 is 1.26 bits per heavy atom. The third-order valence-corrected chi connectivity index (χ3v) is 4.64. The standard InChI is InChI=1S/C18H25FN2O2/c1-12-15(19)10-14(18(20)23)11-16(12)21-17(22)9-5-8-13-6-3-2-4-7-13/h10-11,13H,2-9H2,1H3,(H2,20,23)(H,21,22). The monoisotopic (exact) mass is 320 g/mol. The summed E-state index contributed by atoms with van der Waals surface area (Å²) in [6.07, 6.45) is 8.80. The van der Waals surface area contributed by atoms with Crippen LogP contribution >= 0.6 is 0 Å². The summed E-state index contributed by atoms with van der Waals surface area (Å²) in [7, 11) is 0. The van der Waals surface area contributed by atoms with Crippen molar-refractivity contribution in [2.75, 3.05) is 5.32 Å². The first-order valence-electron chi connectivity index (χ1n) is 8.37. The minimum atomic E-state index is -0.711. The number of nitrogens with one attached hydrogen (secondary N) is 1. The number of benzene rings is 1. The summed E-state index contributed by atoms with van der Waals surface area (Å²) in [5.41, 5.74) is 5.87. The topological polar surface area (TPSA) is 72.2 Å². The van der Waals surface area contributed by atoms with E-state index in [0.717, 1.165) is 24.8 Å². The molecule has 5 heteroatoms. The Hall–Kier alpha value is -1.91. The number of carbonyl (C=O) groups excluding carboxylic acids is 2. The molecule has 0 aliphatic heterocycles. The summed E-state index contributed by atoms with van der Waals surface area (Å²) >= 11 is 0. The highest BCUT2D eigenvalue weighted by Crippen LogP contribution is 2.28. The Kier molecular flexibility index (Phi) is 6.13. The molecule has 126 valence electrons. The highest BCUT2D eigenvalue weighted by molar-refractivity contribution is 5.97. The zero-order valence-corrected chi connectivity index (χ0v) is 13.7. The van der Waals surface area contributed by atoms with Gasteiger partial charge >= 0.3 is 0 Å². The van der Waals surface area contributed by atoms with Gasteiger partial charge < -0.3 is 11.1 Å². The maximum Gasteiger partial charge on any atom is 0.248 e. The largest absolute Gasteiger partial charge is 0.366 e. The van der Waals surface area contributed by atoms with E-state index in [9.17, 15) is 14.0 Å². The van der Waals surface area contributed by atoms with Gasteiger partial charge in [0.2, 0.25) is 11.8 Å². The van der Waals surface area contributed by atoms with Crippen LogP contribution in [0.2, 0.25) is 0 Å². The van der Waals surface area contributed by atoms with Gasteiger partial charge in [0.1, 0.15) is 5.82 Å². The number of rotatable bonds is 6. The van der Waals surface area contributed by atoms with Crippen molar-refractivity contribution in [3.63, 3.8) is 0 Å². The van der Waals surface area contributed by atoms with Crippen molar-refractivity contribution in [2.45, 2.75) is 58.3 Å². The minimum Gasteiger partial charge on any atom is -0.366 e. The van der Waals surface area contributed by atoms with E-state index < -0.39 is 11.7 Å². The number of anilines is 1. The molecule has 0 aromatic heterocycles. The second-order valence-electron chi connectivity index (χ2n) is 6.44. The second-order valence-corrected chi connectivity index (χ2v) is 6.44. The fraction of sp³-hybridized carbons (Fsp3) is 0.556. The number of nitrogens with two attached hydrogens (primary N) is 1. The summed E-state index contributed by atoms with van der Waals surface area (Å²) < 4.78 is 13.8. The molecule has 0 bridgehead atoms. The molecular formula is C18H25FN2O2. The van der Waals surface area contributed by atoms with Crippen LogP contribution in [0.3, 0.4) is 0 Å². The van der Waals surface area contributed by atoms with Crippen molar-refractivity contribution >= 4 is 17.5 Å². The predicted molar refractivity (Wildman–Crippen MR) is 88.7 cm³/mol. The lowest BCUT2D eigenvalue weighted by atomic mass is 9.86. The van der Waals surface area contributed by atoms with Crippen molar-refractivity contribution in [1.82, 2.24) is 0 Å². The lowest BCUT2D eigenvalue weighted by molar-refractivity contribution is -0.116. The molecule has 0 radical (unpaired) electrons. The summed E-state index contributed by atoms with van der Waals surface area (Å²) in [6.45, 7) is 1.57. The van der Waals surface area contributed by atoms with Crippen LogP contribution in [-0.4, -0.2) is 11.8 Å². The van der Waals surface area contributed by atoms with Crippen molar-refractivity contribution < 1.29 is 14.0 Å². The Morgan fingerprint density at radius 3 is 2.61 bits per heavy atom. The molecule has 0 heterocycles. The van der Waals surface area contributed by atoms with E-state index in [-0.39, 0.29) is 11.5 Å². The Labute approximate surface area is 136 Å². The van der Waals surface area contributed by atoms with Gasteiger partial charge in [0.15, 0.2) is 0 Å². The SMILES string of the molecule is Cc1c(F)cc(C(N)=O)cc1NC(=O)CCCC1CCCCC1. The van der Waals surface area contributed by atoms with Gasteiger partial charge in [-0.15, -0.1) is 0 Å². The quantitative estimate of drug-likeness (QED) is 0.833. The van der Waals surface area contributed by atoms with E-state index in [1.54, 1.807) is 6.92 Å². The molecule has 3 N–H and O–H groups in total. The molecule has 1 aliphatic rings. The number of halogens is 1. The van der Waals surface area contributed by atoms with Crippen LogP contribution in [0.1, 0.15) is 67.3 Å². The molecule has 1 aromatic rings. The molecular weight excluding hydrogens is 295 g/mol. The summed E-state index contributed by atoms with van der Waals surface area (Å²) in [4.78, 5) is 23.2. The van der Waals surface area contributed by atoms with E-state index in [4.69, 9.17) is 5.73 Å². The van der Waals surface area contributed by atoms with Gasteiger partial charge in [-0.25, -0.2) is 4.39 Å². The molecule has 1 aromatic carbocycles. The number of amides is 2. The first-order chi connectivity index (χ1) is 11.0. The average Bonchev–Trinajstić information content (AvgIpc) is 2.52. The van der Waals surface area contributed by atoms with Gasteiger partial charge in [0.25, 0.3) is 0 Å². The van der Waals surface area contributed by atoms with Gasteiger partial charge in [-0.1, -0.05) is 32.1 Å². The van der Waals surface area contributed by atoms with Gasteiger partial charge in [-0.3, -0.25) is 9.59 Å². The van der Waals surface area contributed by atoms with E-state index in [0.29, 0.717) is 17.7 Å². The number of hydrogen-bond acceptors (Lipinski definition) is 2. The zero-order chi connectivity index (χ0) is 16.8. The highest BCUT2D eigenvalue weighted by atomic mass is 19.1. The van der Waals surface area contributed by atoms with E-state index in [1.165, 1.54) is 38.2 Å². The van der Waals surface area contributed by atoms with E-state index >= 15 is 0 Å². The Balaban J connectivity index is 1.88. The van der Waals surface area contributed by atoms with Gasteiger partial charge in [-0.2, -0.15) is 0 Å². The normalized spacial score (nSPS) is 15.4.